The Morgan fingerprint density at radius 3 is 2.50 bits per heavy atom. The third-order valence-corrected chi connectivity index (χ3v) is 3.29. The highest BCUT2D eigenvalue weighted by Crippen LogP contribution is 2.29. The first-order valence-corrected chi connectivity index (χ1v) is 6.75. The lowest BCUT2D eigenvalue weighted by atomic mass is 10.0. The van der Waals surface area contributed by atoms with E-state index < -0.39 is 0 Å². The van der Waals surface area contributed by atoms with Gasteiger partial charge >= 0.3 is 0 Å². The normalized spacial score (nSPS) is 17.2. The van der Waals surface area contributed by atoms with E-state index in [1.54, 1.807) is 0 Å². The van der Waals surface area contributed by atoms with Crippen LogP contribution in [-0.4, -0.2) is 29.9 Å². The number of hydrogen-bond donors (Lipinski definition) is 1. The molecule has 0 saturated heterocycles. The van der Waals surface area contributed by atoms with Crippen LogP contribution in [-0.2, 0) is 4.79 Å². The van der Waals surface area contributed by atoms with Crippen LogP contribution in [0.5, 0.6) is 0 Å². The predicted octanol–water partition coefficient (Wildman–Crippen LogP) is 2.15. The molecule has 1 atom stereocenters. The smallest absolute Gasteiger partial charge is 0.227 e. The average molecular weight is 226 g/mol. The van der Waals surface area contributed by atoms with Crippen molar-refractivity contribution >= 4 is 5.91 Å². The quantitative estimate of drug-likeness (QED) is 0.689. The molecule has 1 fully saturated rings. The van der Waals surface area contributed by atoms with Gasteiger partial charge in [-0.05, 0) is 25.7 Å². The molecule has 16 heavy (non-hydrogen) atoms. The maximum Gasteiger partial charge on any atom is 0.227 e. The monoisotopic (exact) mass is 226 g/mol. The summed E-state index contributed by atoms with van der Waals surface area (Å²) in [4.78, 5) is 14.4. The van der Waals surface area contributed by atoms with Gasteiger partial charge in [-0.2, -0.15) is 0 Å². The lowest BCUT2D eigenvalue weighted by Gasteiger charge is -2.26. The second kappa shape index (κ2) is 6.89. The Bertz CT molecular complexity index is 214. The second-order valence-corrected chi connectivity index (χ2v) is 4.84. The van der Waals surface area contributed by atoms with Crippen molar-refractivity contribution in [1.29, 1.82) is 0 Å². The van der Waals surface area contributed by atoms with Crippen LogP contribution in [0.2, 0.25) is 0 Å². The van der Waals surface area contributed by atoms with Gasteiger partial charge in [0.1, 0.15) is 0 Å². The molecule has 0 radical (unpaired) electrons. The van der Waals surface area contributed by atoms with Crippen molar-refractivity contribution in [3.8, 4) is 0 Å². The standard InChI is InChI=1S/C13H26N2O/c1-3-5-9-15(12-7-8-12)13(16)11(10-14)6-4-2/h11-12H,3-10,14H2,1-2H3. The van der Waals surface area contributed by atoms with E-state index in [1.807, 2.05) is 0 Å². The Morgan fingerprint density at radius 1 is 1.38 bits per heavy atom. The Balaban J connectivity index is 2.50. The number of amides is 1. The molecule has 2 N–H and O–H groups in total. The summed E-state index contributed by atoms with van der Waals surface area (Å²) in [5, 5.41) is 0. The van der Waals surface area contributed by atoms with Crippen molar-refractivity contribution < 1.29 is 4.79 Å². The summed E-state index contributed by atoms with van der Waals surface area (Å²) in [5.74, 6) is 0.364. The summed E-state index contributed by atoms with van der Waals surface area (Å²) in [5.41, 5.74) is 5.70. The van der Waals surface area contributed by atoms with E-state index in [0.717, 1.165) is 32.2 Å². The van der Waals surface area contributed by atoms with Gasteiger partial charge in [-0.15, -0.1) is 0 Å². The Hall–Kier alpha value is -0.570. The van der Waals surface area contributed by atoms with Crippen LogP contribution in [0.15, 0.2) is 0 Å². The van der Waals surface area contributed by atoms with Crippen LogP contribution in [0.25, 0.3) is 0 Å². The number of nitrogens with zero attached hydrogens (tertiary/aromatic N) is 1. The molecule has 1 amide bonds. The second-order valence-electron chi connectivity index (χ2n) is 4.84. The third-order valence-electron chi connectivity index (χ3n) is 3.29. The number of rotatable bonds is 8. The fourth-order valence-electron chi connectivity index (χ4n) is 2.11. The number of carbonyl (C=O) groups is 1. The van der Waals surface area contributed by atoms with Crippen molar-refractivity contribution in [2.75, 3.05) is 13.1 Å². The summed E-state index contributed by atoms with van der Waals surface area (Å²) in [7, 11) is 0. The third kappa shape index (κ3) is 3.78. The summed E-state index contributed by atoms with van der Waals surface area (Å²) in [6, 6.07) is 0.532. The Kier molecular flexibility index (Phi) is 5.81. The van der Waals surface area contributed by atoms with Crippen molar-refractivity contribution in [3.63, 3.8) is 0 Å². The molecule has 0 aromatic carbocycles. The maximum atomic E-state index is 12.3. The first kappa shape index (κ1) is 13.5. The number of nitrogens with two attached hydrogens (primary N) is 1. The van der Waals surface area contributed by atoms with Crippen molar-refractivity contribution in [2.45, 2.75) is 58.4 Å². The van der Waals surface area contributed by atoms with Gasteiger partial charge in [-0.3, -0.25) is 4.79 Å². The molecular formula is C13H26N2O. The minimum atomic E-state index is 0.0578. The first-order valence-electron chi connectivity index (χ1n) is 6.75. The molecule has 3 nitrogen and oxygen atoms in total. The SMILES string of the molecule is CCCCN(C(=O)C(CN)CCC)C1CC1. The Morgan fingerprint density at radius 2 is 2.06 bits per heavy atom. The lowest BCUT2D eigenvalue weighted by molar-refractivity contribution is -0.136. The van der Waals surface area contributed by atoms with Gasteiger partial charge in [0, 0.05) is 19.1 Å². The summed E-state index contributed by atoms with van der Waals surface area (Å²) >= 11 is 0. The van der Waals surface area contributed by atoms with Crippen LogP contribution in [0, 0.1) is 5.92 Å². The molecule has 1 unspecified atom stereocenters. The Labute approximate surface area is 99.4 Å². The van der Waals surface area contributed by atoms with E-state index >= 15 is 0 Å². The van der Waals surface area contributed by atoms with Gasteiger partial charge in [0.05, 0.1) is 5.92 Å². The van der Waals surface area contributed by atoms with Crippen LogP contribution in [0.3, 0.4) is 0 Å². The van der Waals surface area contributed by atoms with Gasteiger partial charge in [0.25, 0.3) is 0 Å². The van der Waals surface area contributed by atoms with Crippen LogP contribution >= 0.6 is 0 Å². The minimum Gasteiger partial charge on any atom is -0.339 e. The van der Waals surface area contributed by atoms with Gasteiger partial charge in [-0.1, -0.05) is 26.7 Å². The van der Waals surface area contributed by atoms with E-state index in [4.69, 9.17) is 5.73 Å². The topological polar surface area (TPSA) is 46.3 Å². The zero-order valence-electron chi connectivity index (χ0n) is 10.7. The van der Waals surface area contributed by atoms with E-state index in [9.17, 15) is 4.79 Å². The molecule has 0 spiro atoms. The molecule has 0 heterocycles. The molecule has 1 saturated carbocycles. The molecule has 0 aromatic rings. The first-order chi connectivity index (χ1) is 7.74. The zero-order valence-corrected chi connectivity index (χ0v) is 10.7. The fourth-order valence-corrected chi connectivity index (χ4v) is 2.11. The van der Waals surface area contributed by atoms with Crippen molar-refractivity contribution in [3.05, 3.63) is 0 Å². The van der Waals surface area contributed by atoms with E-state index in [-0.39, 0.29) is 5.92 Å². The molecule has 0 bridgehead atoms. The number of unbranched alkanes of at least 4 members (excludes halogenated alkanes) is 1. The molecule has 0 aliphatic heterocycles. The molecule has 1 aliphatic rings. The highest BCUT2D eigenvalue weighted by Gasteiger charge is 2.34. The van der Waals surface area contributed by atoms with Crippen LogP contribution in [0.4, 0.5) is 0 Å². The average Bonchev–Trinajstić information content (AvgIpc) is 3.10. The number of hydrogen-bond acceptors (Lipinski definition) is 2. The van der Waals surface area contributed by atoms with Gasteiger partial charge in [-0.25, -0.2) is 0 Å². The molecule has 3 heteroatoms. The molecule has 1 aliphatic carbocycles. The van der Waals surface area contributed by atoms with Crippen molar-refractivity contribution in [2.24, 2.45) is 11.7 Å². The summed E-state index contributed by atoms with van der Waals surface area (Å²) in [6.45, 7) is 5.72. The molecule has 94 valence electrons. The lowest BCUT2D eigenvalue weighted by Crippen LogP contribution is -2.41. The molecular weight excluding hydrogens is 200 g/mol. The van der Waals surface area contributed by atoms with E-state index in [2.05, 4.69) is 18.7 Å². The fraction of sp³-hybridized carbons (Fsp3) is 0.923. The van der Waals surface area contributed by atoms with E-state index in [1.165, 1.54) is 12.8 Å². The maximum absolute atomic E-state index is 12.3. The van der Waals surface area contributed by atoms with Crippen LogP contribution in [0.1, 0.15) is 52.4 Å². The van der Waals surface area contributed by atoms with Crippen LogP contribution < -0.4 is 5.73 Å². The highest BCUT2D eigenvalue weighted by atomic mass is 16.2. The molecule has 1 rings (SSSR count). The summed E-state index contributed by atoms with van der Waals surface area (Å²) in [6.07, 6.45) is 6.63. The summed E-state index contributed by atoms with van der Waals surface area (Å²) < 4.78 is 0. The largest absolute Gasteiger partial charge is 0.339 e. The van der Waals surface area contributed by atoms with Gasteiger partial charge in [0.2, 0.25) is 5.91 Å². The predicted molar refractivity (Wildman–Crippen MR) is 67.1 cm³/mol. The van der Waals surface area contributed by atoms with Gasteiger partial charge in [0.15, 0.2) is 0 Å². The number of carbonyl (C=O) groups excluding carboxylic acids is 1. The zero-order chi connectivity index (χ0) is 12.0. The van der Waals surface area contributed by atoms with E-state index in [0.29, 0.717) is 18.5 Å². The molecule has 0 aromatic heterocycles. The minimum absolute atomic E-state index is 0.0578. The highest BCUT2D eigenvalue weighted by molar-refractivity contribution is 5.79. The van der Waals surface area contributed by atoms with Crippen molar-refractivity contribution in [1.82, 2.24) is 4.90 Å². The van der Waals surface area contributed by atoms with Gasteiger partial charge < -0.3 is 10.6 Å².